The fraction of sp³-hybridized carbons (Fsp3) is 0.188. The van der Waals surface area contributed by atoms with E-state index < -0.39 is 0 Å². The molecule has 0 saturated heterocycles. The third-order valence-corrected chi connectivity index (χ3v) is 5.33. The number of thiophene rings is 1. The molecule has 0 saturated carbocycles. The minimum absolute atomic E-state index is 0.0216. The molecule has 23 heavy (non-hydrogen) atoms. The number of fused-ring (bicyclic) bond motifs is 1. The zero-order chi connectivity index (χ0) is 16.2. The zero-order valence-electron chi connectivity index (χ0n) is 12.4. The van der Waals surface area contributed by atoms with Gasteiger partial charge < -0.3 is 5.32 Å². The third kappa shape index (κ3) is 4.22. The van der Waals surface area contributed by atoms with Gasteiger partial charge in [0.1, 0.15) is 16.2 Å². The predicted molar refractivity (Wildman–Crippen MR) is 97.6 cm³/mol. The molecule has 118 valence electrons. The van der Waals surface area contributed by atoms with Gasteiger partial charge in [-0.3, -0.25) is 4.79 Å². The van der Waals surface area contributed by atoms with E-state index >= 15 is 0 Å². The summed E-state index contributed by atoms with van der Waals surface area (Å²) in [6.45, 7) is 2.06. The van der Waals surface area contributed by atoms with E-state index in [1.807, 2.05) is 0 Å². The number of amides is 1. The molecular formula is C16H14ClN3OS2. The third-order valence-electron chi connectivity index (χ3n) is 3.11. The number of nitrogens with one attached hydrogen (secondary N) is 1. The van der Waals surface area contributed by atoms with Crippen molar-refractivity contribution in [1.82, 2.24) is 9.97 Å². The molecule has 2 aromatic heterocycles. The summed E-state index contributed by atoms with van der Waals surface area (Å²) >= 11 is 9.05. The number of aryl methyl sites for hydroxylation is 1. The minimum atomic E-state index is -0.0216. The predicted octanol–water partition coefficient (Wildman–Crippen LogP) is 4.77. The SMILES string of the molecule is Cc1cc2c(SCCC(=O)Nc3ccc(Cl)cc3)ncnc2s1. The van der Waals surface area contributed by atoms with Crippen molar-refractivity contribution in [3.63, 3.8) is 0 Å². The number of benzene rings is 1. The number of anilines is 1. The van der Waals surface area contributed by atoms with Gasteiger partial charge in [0, 0.05) is 33.1 Å². The zero-order valence-corrected chi connectivity index (χ0v) is 14.8. The quantitative estimate of drug-likeness (QED) is 0.523. The summed E-state index contributed by atoms with van der Waals surface area (Å²) in [4.78, 5) is 22.8. The summed E-state index contributed by atoms with van der Waals surface area (Å²) in [6.07, 6.45) is 2.00. The fourth-order valence-corrected chi connectivity index (χ4v) is 4.02. The van der Waals surface area contributed by atoms with Gasteiger partial charge in [-0.2, -0.15) is 0 Å². The Morgan fingerprint density at radius 1 is 1.30 bits per heavy atom. The van der Waals surface area contributed by atoms with Crippen LogP contribution in [0.5, 0.6) is 0 Å². The molecule has 0 aliphatic heterocycles. The van der Waals surface area contributed by atoms with Crippen LogP contribution in [0.25, 0.3) is 10.2 Å². The molecule has 3 aromatic rings. The largest absolute Gasteiger partial charge is 0.326 e. The van der Waals surface area contributed by atoms with Crippen LogP contribution >= 0.6 is 34.7 Å². The topological polar surface area (TPSA) is 54.9 Å². The van der Waals surface area contributed by atoms with Gasteiger partial charge in [-0.25, -0.2) is 9.97 Å². The highest BCUT2D eigenvalue weighted by molar-refractivity contribution is 7.99. The first-order valence-electron chi connectivity index (χ1n) is 7.01. The average Bonchev–Trinajstić information content (AvgIpc) is 2.91. The Labute approximate surface area is 147 Å². The average molecular weight is 364 g/mol. The summed E-state index contributed by atoms with van der Waals surface area (Å²) in [6, 6.07) is 9.17. The summed E-state index contributed by atoms with van der Waals surface area (Å²) < 4.78 is 0. The smallest absolute Gasteiger partial charge is 0.225 e. The molecular weight excluding hydrogens is 350 g/mol. The number of nitrogens with zero attached hydrogens (tertiary/aromatic N) is 2. The van der Waals surface area contributed by atoms with Crippen LogP contribution in [0.15, 0.2) is 41.7 Å². The first-order chi connectivity index (χ1) is 11.1. The summed E-state index contributed by atoms with van der Waals surface area (Å²) in [5, 5.41) is 5.50. The van der Waals surface area contributed by atoms with Crippen LogP contribution in [0.1, 0.15) is 11.3 Å². The molecule has 4 nitrogen and oxygen atoms in total. The molecule has 0 bridgehead atoms. The van der Waals surface area contributed by atoms with Crippen molar-refractivity contribution < 1.29 is 4.79 Å². The van der Waals surface area contributed by atoms with Crippen LogP contribution in [0.2, 0.25) is 5.02 Å². The van der Waals surface area contributed by atoms with Crippen LogP contribution in [0.4, 0.5) is 5.69 Å². The van der Waals surface area contributed by atoms with Crippen LogP contribution in [-0.4, -0.2) is 21.6 Å². The van der Waals surface area contributed by atoms with E-state index in [9.17, 15) is 4.79 Å². The van der Waals surface area contributed by atoms with Gasteiger partial charge in [-0.05, 0) is 37.3 Å². The van der Waals surface area contributed by atoms with E-state index in [2.05, 4.69) is 28.3 Å². The van der Waals surface area contributed by atoms with Gasteiger partial charge in [0.25, 0.3) is 0 Å². The minimum Gasteiger partial charge on any atom is -0.326 e. The molecule has 7 heteroatoms. The number of thioether (sulfide) groups is 1. The Bertz CT molecular complexity index is 833. The highest BCUT2D eigenvalue weighted by Crippen LogP contribution is 2.30. The number of carbonyl (C=O) groups excluding carboxylic acids is 1. The lowest BCUT2D eigenvalue weighted by atomic mass is 10.3. The Hall–Kier alpha value is -1.63. The van der Waals surface area contributed by atoms with E-state index in [0.717, 1.165) is 20.9 Å². The standard InChI is InChI=1S/C16H14ClN3OS2/c1-10-8-13-15(18-9-19-16(13)23-10)22-7-6-14(21)20-12-4-2-11(17)3-5-12/h2-5,8-9H,6-7H2,1H3,(H,20,21). The second kappa shape index (κ2) is 7.29. The van der Waals surface area contributed by atoms with Crippen molar-refractivity contribution in [1.29, 1.82) is 0 Å². The lowest BCUT2D eigenvalue weighted by Crippen LogP contribution is -2.12. The first kappa shape index (κ1) is 16.2. The van der Waals surface area contributed by atoms with Gasteiger partial charge >= 0.3 is 0 Å². The highest BCUT2D eigenvalue weighted by Gasteiger charge is 2.09. The van der Waals surface area contributed by atoms with E-state index in [1.54, 1.807) is 53.7 Å². The lowest BCUT2D eigenvalue weighted by molar-refractivity contribution is -0.115. The van der Waals surface area contributed by atoms with Crippen molar-refractivity contribution in [3.05, 3.63) is 46.6 Å². The van der Waals surface area contributed by atoms with Crippen molar-refractivity contribution in [2.45, 2.75) is 18.4 Å². The molecule has 3 rings (SSSR count). The van der Waals surface area contributed by atoms with E-state index in [1.165, 1.54) is 4.88 Å². The normalized spacial score (nSPS) is 10.9. The molecule has 0 aliphatic rings. The Morgan fingerprint density at radius 2 is 2.09 bits per heavy atom. The van der Waals surface area contributed by atoms with Crippen molar-refractivity contribution in [3.8, 4) is 0 Å². The number of hydrogen-bond acceptors (Lipinski definition) is 5. The van der Waals surface area contributed by atoms with Gasteiger partial charge in [0.2, 0.25) is 5.91 Å². The molecule has 1 N–H and O–H groups in total. The van der Waals surface area contributed by atoms with Crippen LogP contribution in [0, 0.1) is 6.92 Å². The summed E-state index contributed by atoms with van der Waals surface area (Å²) in [5.74, 6) is 0.645. The monoisotopic (exact) mass is 363 g/mol. The number of rotatable bonds is 5. The number of hydrogen-bond donors (Lipinski definition) is 1. The van der Waals surface area contributed by atoms with E-state index in [-0.39, 0.29) is 5.91 Å². The number of halogens is 1. The van der Waals surface area contributed by atoms with E-state index in [0.29, 0.717) is 17.2 Å². The second-order valence-electron chi connectivity index (χ2n) is 4.91. The number of aromatic nitrogens is 2. The molecule has 0 fully saturated rings. The molecule has 1 aromatic carbocycles. The van der Waals surface area contributed by atoms with E-state index in [4.69, 9.17) is 11.6 Å². The van der Waals surface area contributed by atoms with Crippen molar-refractivity contribution >= 4 is 56.5 Å². The maximum atomic E-state index is 12.0. The second-order valence-corrected chi connectivity index (χ2v) is 7.66. The summed E-state index contributed by atoms with van der Waals surface area (Å²) in [7, 11) is 0. The van der Waals surface area contributed by atoms with Crippen LogP contribution in [-0.2, 0) is 4.79 Å². The maximum Gasteiger partial charge on any atom is 0.225 e. The molecule has 2 heterocycles. The molecule has 0 atom stereocenters. The first-order valence-corrected chi connectivity index (χ1v) is 9.19. The van der Waals surface area contributed by atoms with Gasteiger partial charge in [-0.1, -0.05) is 11.6 Å². The number of carbonyl (C=O) groups is 1. The molecule has 0 aliphatic carbocycles. The Kier molecular flexibility index (Phi) is 5.15. The van der Waals surface area contributed by atoms with Crippen molar-refractivity contribution in [2.75, 3.05) is 11.1 Å². The highest BCUT2D eigenvalue weighted by atomic mass is 35.5. The van der Waals surface area contributed by atoms with Gasteiger partial charge in [-0.15, -0.1) is 23.1 Å². The molecule has 0 radical (unpaired) electrons. The maximum absolute atomic E-state index is 12.0. The molecule has 0 spiro atoms. The molecule has 1 amide bonds. The fourth-order valence-electron chi connectivity index (χ4n) is 2.07. The summed E-state index contributed by atoms with van der Waals surface area (Å²) in [5.41, 5.74) is 0.752. The van der Waals surface area contributed by atoms with Crippen molar-refractivity contribution in [2.24, 2.45) is 0 Å². The molecule has 0 unspecified atom stereocenters. The van der Waals surface area contributed by atoms with Crippen LogP contribution < -0.4 is 5.32 Å². The lowest BCUT2D eigenvalue weighted by Gasteiger charge is -2.05. The van der Waals surface area contributed by atoms with Gasteiger partial charge in [0.15, 0.2) is 0 Å². The van der Waals surface area contributed by atoms with Crippen LogP contribution in [0.3, 0.4) is 0 Å². The Balaban J connectivity index is 1.56. The Morgan fingerprint density at radius 3 is 2.87 bits per heavy atom. The van der Waals surface area contributed by atoms with Gasteiger partial charge in [0.05, 0.1) is 0 Å².